The number of halogens is 1. The van der Waals surface area contributed by atoms with Gasteiger partial charge in [-0.15, -0.1) is 0 Å². The van der Waals surface area contributed by atoms with Crippen molar-refractivity contribution in [1.29, 1.82) is 0 Å². The van der Waals surface area contributed by atoms with E-state index < -0.39 is 6.10 Å². The maximum absolute atomic E-state index is 11.7. The summed E-state index contributed by atoms with van der Waals surface area (Å²) in [4.78, 5) is 13.5. The van der Waals surface area contributed by atoms with Crippen molar-refractivity contribution in [2.75, 3.05) is 26.2 Å². The quantitative estimate of drug-likeness (QED) is 0.803. The fraction of sp³-hybridized carbons (Fsp3) is 0.500. The molecule has 0 bridgehead atoms. The van der Waals surface area contributed by atoms with Crippen LogP contribution in [0, 0.1) is 0 Å². The van der Waals surface area contributed by atoms with Crippen molar-refractivity contribution in [3.05, 3.63) is 34.9 Å². The van der Waals surface area contributed by atoms with Crippen molar-refractivity contribution < 1.29 is 9.90 Å². The highest BCUT2D eigenvalue weighted by Crippen LogP contribution is 2.15. The summed E-state index contributed by atoms with van der Waals surface area (Å²) in [5, 5.41) is 13.6. The third-order valence-corrected chi connectivity index (χ3v) is 3.24. The Morgan fingerprint density at radius 1 is 1.32 bits per heavy atom. The molecule has 0 aliphatic carbocycles. The van der Waals surface area contributed by atoms with E-state index in [1.165, 1.54) is 0 Å². The minimum atomic E-state index is -0.637. The van der Waals surface area contributed by atoms with Crippen molar-refractivity contribution in [2.24, 2.45) is 0 Å². The van der Waals surface area contributed by atoms with Crippen molar-refractivity contribution in [3.8, 4) is 0 Å². The number of amides is 1. The summed E-state index contributed by atoms with van der Waals surface area (Å²) >= 11 is 5.78. The molecule has 1 aromatic carbocycles. The molecule has 19 heavy (non-hydrogen) atoms. The lowest BCUT2D eigenvalue weighted by Gasteiger charge is -2.19. The normalized spacial score (nSPS) is 12.2. The lowest BCUT2D eigenvalue weighted by atomic mass is 10.1. The Balaban J connectivity index is 2.36. The van der Waals surface area contributed by atoms with E-state index in [2.05, 4.69) is 5.32 Å². The van der Waals surface area contributed by atoms with E-state index in [0.29, 0.717) is 24.7 Å². The first kappa shape index (κ1) is 16.0. The van der Waals surface area contributed by atoms with Gasteiger partial charge in [-0.05, 0) is 31.5 Å². The molecule has 0 radical (unpaired) electrons. The van der Waals surface area contributed by atoms with Crippen molar-refractivity contribution in [2.45, 2.75) is 20.0 Å². The zero-order chi connectivity index (χ0) is 14.3. The van der Waals surface area contributed by atoms with E-state index in [9.17, 15) is 9.90 Å². The predicted octanol–water partition coefficient (Wildman–Crippen LogP) is 1.83. The van der Waals surface area contributed by atoms with E-state index in [1.54, 1.807) is 29.2 Å². The first-order valence-electron chi connectivity index (χ1n) is 6.50. The lowest BCUT2D eigenvalue weighted by molar-refractivity contribution is -0.129. The van der Waals surface area contributed by atoms with Crippen LogP contribution in [0.1, 0.15) is 25.5 Å². The van der Waals surface area contributed by atoms with Gasteiger partial charge in [0.2, 0.25) is 5.91 Å². The van der Waals surface area contributed by atoms with Crippen LogP contribution in [0.25, 0.3) is 0 Å². The first-order valence-corrected chi connectivity index (χ1v) is 6.88. The number of carbonyl (C=O) groups is 1. The number of hydrogen-bond acceptors (Lipinski definition) is 3. The third kappa shape index (κ3) is 5.19. The molecule has 1 rings (SSSR count). The highest BCUT2D eigenvalue weighted by atomic mass is 35.5. The summed E-state index contributed by atoms with van der Waals surface area (Å²) in [6.07, 6.45) is -0.637. The number of aliphatic hydroxyl groups excluding tert-OH is 1. The standard InChI is InChI=1S/C14H21ClN2O2/c1-3-17(4-2)14(19)10-16-9-13(18)11-5-7-12(15)8-6-11/h5-8,13,16,18H,3-4,9-10H2,1-2H3. The van der Waals surface area contributed by atoms with Gasteiger partial charge in [-0.25, -0.2) is 0 Å². The van der Waals surface area contributed by atoms with E-state index in [1.807, 2.05) is 13.8 Å². The average Bonchev–Trinajstić information content (AvgIpc) is 2.40. The van der Waals surface area contributed by atoms with E-state index in [0.717, 1.165) is 5.56 Å². The molecule has 4 nitrogen and oxygen atoms in total. The third-order valence-electron chi connectivity index (χ3n) is 2.98. The van der Waals surface area contributed by atoms with Gasteiger partial charge in [0.25, 0.3) is 0 Å². The van der Waals surface area contributed by atoms with Gasteiger partial charge in [0.05, 0.1) is 12.6 Å². The Kier molecular flexibility index (Phi) is 6.84. The number of likely N-dealkylation sites (N-methyl/N-ethyl adjacent to an activating group) is 1. The second kappa shape index (κ2) is 8.15. The van der Waals surface area contributed by atoms with E-state index in [-0.39, 0.29) is 12.5 Å². The molecule has 0 aliphatic heterocycles. The SMILES string of the molecule is CCN(CC)C(=O)CNCC(O)c1ccc(Cl)cc1. The molecule has 1 unspecified atom stereocenters. The molecule has 1 atom stereocenters. The Morgan fingerprint density at radius 2 is 1.89 bits per heavy atom. The topological polar surface area (TPSA) is 52.6 Å². The molecule has 2 N–H and O–H groups in total. The van der Waals surface area contributed by atoms with Crippen LogP contribution in [0.2, 0.25) is 5.02 Å². The summed E-state index contributed by atoms with van der Waals surface area (Å²) in [7, 11) is 0. The lowest BCUT2D eigenvalue weighted by Crippen LogP contribution is -2.39. The van der Waals surface area contributed by atoms with Crippen LogP contribution in [-0.4, -0.2) is 42.1 Å². The Hall–Kier alpha value is -1.10. The van der Waals surface area contributed by atoms with Gasteiger partial charge >= 0.3 is 0 Å². The van der Waals surface area contributed by atoms with Crippen LogP contribution in [-0.2, 0) is 4.79 Å². The van der Waals surface area contributed by atoms with Gasteiger partial charge in [0, 0.05) is 24.7 Å². The van der Waals surface area contributed by atoms with Gasteiger partial charge in [-0.3, -0.25) is 4.79 Å². The van der Waals surface area contributed by atoms with Crippen LogP contribution in [0.15, 0.2) is 24.3 Å². The number of benzene rings is 1. The number of nitrogens with zero attached hydrogens (tertiary/aromatic N) is 1. The molecular formula is C14H21ClN2O2. The Morgan fingerprint density at radius 3 is 2.42 bits per heavy atom. The maximum Gasteiger partial charge on any atom is 0.236 e. The molecule has 0 heterocycles. The molecule has 0 spiro atoms. The highest BCUT2D eigenvalue weighted by Gasteiger charge is 2.11. The van der Waals surface area contributed by atoms with Gasteiger partial charge in [-0.1, -0.05) is 23.7 Å². The summed E-state index contributed by atoms with van der Waals surface area (Å²) < 4.78 is 0. The van der Waals surface area contributed by atoms with Gasteiger partial charge in [0.1, 0.15) is 0 Å². The summed E-state index contributed by atoms with van der Waals surface area (Å²) in [5.74, 6) is 0.0494. The first-order chi connectivity index (χ1) is 9.08. The molecule has 5 heteroatoms. The number of aliphatic hydroxyl groups is 1. The molecule has 106 valence electrons. The Labute approximate surface area is 119 Å². The fourth-order valence-electron chi connectivity index (χ4n) is 1.81. The van der Waals surface area contributed by atoms with Gasteiger partial charge in [0.15, 0.2) is 0 Å². The van der Waals surface area contributed by atoms with Gasteiger partial charge < -0.3 is 15.3 Å². The van der Waals surface area contributed by atoms with E-state index in [4.69, 9.17) is 11.6 Å². The molecule has 0 aromatic heterocycles. The minimum Gasteiger partial charge on any atom is -0.387 e. The number of carbonyl (C=O) groups excluding carboxylic acids is 1. The summed E-state index contributed by atoms with van der Waals surface area (Å²) in [6.45, 7) is 5.89. The van der Waals surface area contributed by atoms with Crippen LogP contribution >= 0.6 is 11.6 Å². The molecule has 0 fully saturated rings. The van der Waals surface area contributed by atoms with E-state index >= 15 is 0 Å². The highest BCUT2D eigenvalue weighted by molar-refractivity contribution is 6.30. The molecular weight excluding hydrogens is 264 g/mol. The van der Waals surface area contributed by atoms with Crippen LogP contribution in [0.5, 0.6) is 0 Å². The van der Waals surface area contributed by atoms with Gasteiger partial charge in [-0.2, -0.15) is 0 Å². The number of rotatable bonds is 7. The van der Waals surface area contributed by atoms with Crippen molar-refractivity contribution in [1.82, 2.24) is 10.2 Å². The zero-order valence-electron chi connectivity index (χ0n) is 11.4. The molecule has 0 saturated heterocycles. The molecule has 0 aliphatic rings. The summed E-state index contributed by atoms with van der Waals surface area (Å²) in [5.41, 5.74) is 0.784. The second-order valence-electron chi connectivity index (χ2n) is 4.26. The monoisotopic (exact) mass is 284 g/mol. The van der Waals surface area contributed by atoms with Crippen molar-refractivity contribution >= 4 is 17.5 Å². The van der Waals surface area contributed by atoms with Crippen LogP contribution in [0.3, 0.4) is 0 Å². The molecule has 1 aromatic rings. The maximum atomic E-state index is 11.7. The molecule has 1 amide bonds. The van der Waals surface area contributed by atoms with Crippen molar-refractivity contribution in [3.63, 3.8) is 0 Å². The summed E-state index contributed by atoms with van der Waals surface area (Å²) in [6, 6.07) is 7.03. The fourth-order valence-corrected chi connectivity index (χ4v) is 1.93. The Bertz CT molecular complexity index is 391. The van der Waals surface area contributed by atoms with Crippen LogP contribution in [0.4, 0.5) is 0 Å². The number of hydrogen-bond donors (Lipinski definition) is 2. The smallest absolute Gasteiger partial charge is 0.236 e. The predicted molar refractivity (Wildman–Crippen MR) is 77.2 cm³/mol. The average molecular weight is 285 g/mol. The number of nitrogens with one attached hydrogen (secondary N) is 1. The van der Waals surface area contributed by atoms with Crippen LogP contribution < -0.4 is 5.32 Å². The largest absolute Gasteiger partial charge is 0.387 e. The molecule has 0 saturated carbocycles. The minimum absolute atomic E-state index is 0.0494. The second-order valence-corrected chi connectivity index (χ2v) is 4.70. The zero-order valence-corrected chi connectivity index (χ0v) is 12.2.